The molecule has 0 spiro atoms. The van der Waals surface area contributed by atoms with Crippen LogP contribution >= 0.6 is 0 Å². The van der Waals surface area contributed by atoms with Crippen LogP contribution in [0.3, 0.4) is 0 Å². The van der Waals surface area contributed by atoms with Gasteiger partial charge in [-0.05, 0) is 32.9 Å². The smallest absolute Gasteiger partial charge is 0.134 e. The van der Waals surface area contributed by atoms with Crippen molar-refractivity contribution in [2.24, 2.45) is 0 Å². The molecule has 2 aromatic rings. The average Bonchev–Trinajstić information content (AvgIpc) is 2.44. The highest BCUT2D eigenvalue weighted by Gasteiger charge is 2.11. The fraction of sp³-hybridized carbons (Fsp3) is 0.357. The van der Waals surface area contributed by atoms with E-state index in [1.807, 2.05) is 32.0 Å². The molecule has 1 unspecified atom stereocenters. The molecule has 0 saturated carbocycles. The summed E-state index contributed by atoms with van der Waals surface area (Å²) in [4.78, 5) is 12.9. The largest absolute Gasteiger partial charge is 0.370 e. The van der Waals surface area contributed by atoms with Crippen LogP contribution in [-0.2, 0) is 0 Å². The Bertz CT molecular complexity index is 527. The molecular weight excluding hydrogens is 238 g/mol. The summed E-state index contributed by atoms with van der Waals surface area (Å²) in [5.41, 5.74) is 2.01. The molecule has 2 heterocycles. The lowest BCUT2D eigenvalue weighted by Gasteiger charge is -2.16. The minimum Gasteiger partial charge on any atom is -0.370 e. The van der Waals surface area contributed by atoms with E-state index in [1.165, 1.54) is 0 Å². The molecule has 0 amide bonds. The molecule has 2 aromatic heterocycles. The molecule has 5 nitrogen and oxygen atoms in total. The van der Waals surface area contributed by atoms with E-state index in [0.717, 1.165) is 29.4 Å². The van der Waals surface area contributed by atoms with Crippen molar-refractivity contribution in [2.75, 3.05) is 17.2 Å². The summed E-state index contributed by atoms with van der Waals surface area (Å²) in [6, 6.07) is 6.00. The van der Waals surface area contributed by atoms with Crippen LogP contribution in [0.5, 0.6) is 0 Å². The van der Waals surface area contributed by atoms with Gasteiger partial charge in [0.1, 0.15) is 18.0 Å². The number of aromatic nitrogens is 3. The third kappa shape index (κ3) is 3.19. The topological polar surface area (TPSA) is 62.7 Å². The highest BCUT2D eigenvalue weighted by atomic mass is 15.1. The first-order chi connectivity index (χ1) is 9.22. The number of pyridine rings is 1. The zero-order chi connectivity index (χ0) is 13.7. The summed E-state index contributed by atoms with van der Waals surface area (Å²) >= 11 is 0. The predicted octanol–water partition coefficient (Wildman–Crippen LogP) is 2.78. The van der Waals surface area contributed by atoms with Crippen molar-refractivity contribution in [3.8, 4) is 0 Å². The second-order valence-electron chi connectivity index (χ2n) is 4.35. The molecular formula is C14H19N5. The molecule has 2 rings (SSSR count). The molecule has 0 aliphatic heterocycles. The fourth-order valence-corrected chi connectivity index (χ4v) is 1.85. The van der Waals surface area contributed by atoms with E-state index in [4.69, 9.17) is 0 Å². The second kappa shape index (κ2) is 6.13. The number of nitrogens with one attached hydrogen (secondary N) is 2. The second-order valence-corrected chi connectivity index (χ2v) is 4.35. The van der Waals surface area contributed by atoms with Gasteiger partial charge in [-0.3, -0.25) is 4.98 Å². The third-order valence-electron chi connectivity index (χ3n) is 2.91. The highest BCUT2D eigenvalue weighted by molar-refractivity contribution is 5.56. The Kier molecular flexibility index (Phi) is 4.28. The van der Waals surface area contributed by atoms with Gasteiger partial charge in [0.25, 0.3) is 0 Å². The monoisotopic (exact) mass is 257 g/mol. The van der Waals surface area contributed by atoms with Crippen LogP contribution in [0.15, 0.2) is 30.7 Å². The minimum atomic E-state index is 0.101. The number of hydrogen-bond donors (Lipinski definition) is 2. The number of rotatable bonds is 5. The average molecular weight is 257 g/mol. The minimum absolute atomic E-state index is 0.101. The van der Waals surface area contributed by atoms with Crippen LogP contribution in [0.1, 0.15) is 31.1 Å². The quantitative estimate of drug-likeness (QED) is 0.862. The molecule has 0 aromatic carbocycles. The first-order valence-electron chi connectivity index (χ1n) is 6.45. The first-order valence-corrected chi connectivity index (χ1v) is 6.45. The molecule has 100 valence electrons. The van der Waals surface area contributed by atoms with Gasteiger partial charge in [0.05, 0.1) is 11.7 Å². The van der Waals surface area contributed by atoms with E-state index in [1.54, 1.807) is 12.5 Å². The summed E-state index contributed by atoms with van der Waals surface area (Å²) in [7, 11) is 0. The normalized spacial score (nSPS) is 11.9. The molecule has 0 saturated heterocycles. The Hall–Kier alpha value is -2.17. The van der Waals surface area contributed by atoms with Crippen LogP contribution in [0.4, 0.5) is 11.6 Å². The van der Waals surface area contributed by atoms with E-state index >= 15 is 0 Å². The lowest BCUT2D eigenvalue weighted by atomic mass is 10.2. The fourth-order valence-electron chi connectivity index (χ4n) is 1.85. The van der Waals surface area contributed by atoms with Crippen LogP contribution in [0.25, 0.3) is 0 Å². The molecule has 19 heavy (non-hydrogen) atoms. The van der Waals surface area contributed by atoms with Gasteiger partial charge in [-0.2, -0.15) is 0 Å². The van der Waals surface area contributed by atoms with Crippen LogP contribution < -0.4 is 10.6 Å². The zero-order valence-corrected chi connectivity index (χ0v) is 11.5. The number of nitrogens with zero attached hydrogens (tertiary/aromatic N) is 3. The molecule has 0 aliphatic rings. The van der Waals surface area contributed by atoms with Gasteiger partial charge >= 0.3 is 0 Å². The van der Waals surface area contributed by atoms with Crippen LogP contribution in [-0.4, -0.2) is 21.5 Å². The Morgan fingerprint density at radius 2 is 1.95 bits per heavy atom. The molecule has 5 heteroatoms. The Balaban J connectivity index is 2.17. The summed E-state index contributed by atoms with van der Waals surface area (Å²) in [5, 5.41) is 6.59. The lowest BCUT2D eigenvalue weighted by molar-refractivity contribution is 0.827. The van der Waals surface area contributed by atoms with Crippen LogP contribution in [0.2, 0.25) is 0 Å². The predicted molar refractivity (Wildman–Crippen MR) is 77.2 cm³/mol. The SMILES string of the molecule is CCNc1ncnc(NC(C)c2ccccn2)c1C. The third-order valence-corrected chi connectivity index (χ3v) is 2.91. The molecule has 0 bridgehead atoms. The number of hydrogen-bond acceptors (Lipinski definition) is 5. The highest BCUT2D eigenvalue weighted by Crippen LogP contribution is 2.22. The maximum atomic E-state index is 4.34. The maximum Gasteiger partial charge on any atom is 0.134 e. The Morgan fingerprint density at radius 1 is 1.16 bits per heavy atom. The van der Waals surface area contributed by atoms with E-state index in [0.29, 0.717) is 0 Å². The van der Waals surface area contributed by atoms with E-state index in [9.17, 15) is 0 Å². The van der Waals surface area contributed by atoms with Gasteiger partial charge in [-0.1, -0.05) is 6.07 Å². The zero-order valence-electron chi connectivity index (χ0n) is 11.5. The van der Waals surface area contributed by atoms with Gasteiger partial charge in [-0.25, -0.2) is 9.97 Å². The standard InChI is InChI=1S/C14H19N5/c1-4-15-13-10(2)14(18-9-17-13)19-11(3)12-7-5-6-8-16-12/h5-9,11H,4H2,1-3H3,(H2,15,17,18,19). The van der Waals surface area contributed by atoms with Crippen molar-refractivity contribution in [1.29, 1.82) is 0 Å². The van der Waals surface area contributed by atoms with E-state index in [-0.39, 0.29) is 6.04 Å². The van der Waals surface area contributed by atoms with Gasteiger partial charge in [0.2, 0.25) is 0 Å². The van der Waals surface area contributed by atoms with Gasteiger partial charge in [0, 0.05) is 18.3 Å². The molecule has 0 radical (unpaired) electrons. The van der Waals surface area contributed by atoms with Gasteiger partial charge < -0.3 is 10.6 Å². The Morgan fingerprint density at radius 3 is 2.63 bits per heavy atom. The lowest BCUT2D eigenvalue weighted by Crippen LogP contribution is -2.12. The summed E-state index contributed by atoms with van der Waals surface area (Å²) < 4.78 is 0. The van der Waals surface area contributed by atoms with Crippen molar-refractivity contribution in [3.05, 3.63) is 42.0 Å². The molecule has 1 atom stereocenters. The van der Waals surface area contributed by atoms with Crippen molar-refractivity contribution < 1.29 is 0 Å². The van der Waals surface area contributed by atoms with Crippen molar-refractivity contribution >= 4 is 11.6 Å². The molecule has 0 aliphatic carbocycles. The molecule has 0 fully saturated rings. The van der Waals surface area contributed by atoms with Crippen molar-refractivity contribution in [1.82, 2.24) is 15.0 Å². The Labute approximate surface area is 113 Å². The first kappa shape index (κ1) is 13.3. The molecule has 2 N–H and O–H groups in total. The van der Waals surface area contributed by atoms with E-state index in [2.05, 4.69) is 32.5 Å². The van der Waals surface area contributed by atoms with Gasteiger partial charge in [0.15, 0.2) is 0 Å². The van der Waals surface area contributed by atoms with E-state index < -0.39 is 0 Å². The summed E-state index contributed by atoms with van der Waals surface area (Å²) in [5.74, 6) is 1.71. The van der Waals surface area contributed by atoms with Gasteiger partial charge in [-0.15, -0.1) is 0 Å². The van der Waals surface area contributed by atoms with Crippen LogP contribution in [0, 0.1) is 6.92 Å². The number of anilines is 2. The maximum absolute atomic E-state index is 4.34. The summed E-state index contributed by atoms with van der Waals surface area (Å²) in [6.45, 7) is 6.96. The summed E-state index contributed by atoms with van der Waals surface area (Å²) in [6.07, 6.45) is 3.36. The van der Waals surface area contributed by atoms with Crippen molar-refractivity contribution in [2.45, 2.75) is 26.8 Å². The van der Waals surface area contributed by atoms with Crippen molar-refractivity contribution in [3.63, 3.8) is 0 Å².